The van der Waals surface area contributed by atoms with Gasteiger partial charge in [0.05, 0.1) is 7.11 Å². The molecule has 0 aliphatic carbocycles. The summed E-state index contributed by atoms with van der Waals surface area (Å²) < 4.78 is 5.30. The van der Waals surface area contributed by atoms with Gasteiger partial charge >= 0.3 is 0 Å². The third-order valence-corrected chi connectivity index (χ3v) is 7.09. The molecule has 0 amide bonds. The van der Waals surface area contributed by atoms with Gasteiger partial charge in [-0.2, -0.15) is 0 Å². The van der Waals surface area contributed by atoms with Crippen molar-refractivity contribution in [3.8, 4) is 16.2 Å². The van der Waals surface area contributed by atoms with Crippen molar-refractivity contribution in [1.82, 2.24) is 4.90 Å². The first-order chi connectivity index (χ1) is 13.8. The summed E-state index contributed by atoms with van der Waals surface area (Å²) in [5, 5.41) is 2.15. The minimum absolute atomic E-state index is 0.645. The molecule has 2 saturated heterocycles. The second-order valence-corrected chi connectivity index (χ2v) is 8.79. The lowest BCUT2D eigenvalue weighted by molar-refractivity contribution is 0.160. The van der Waals surface area contributed by atoms with Gasteiger partial charge in [0.25, 0.3) is 0 Å². The van der Waals surface area contributed by atoms with E-state index >= 15 is 0 Å². The van der Waals surface area contributed by atoms with Crippen LogP contribution in [0.25, 0.3) is 10.4 Å². The molecule has 0 saturated carbocycles. The number of hydrogen-bond donors (Lipinski definition) is 0. The van der Waals surface area contributed by atoms with Crippen LogP contribution >= 0.6 is 11.3 Å². The Balaban J connectivity index is 1.30. The number of benzene rings is 2. The molecule has 3 heterocycles. The molecule has 0 radical (unpaired) electrons. The van der Waals surface area contributed by atoms with Crippen molar-refractivity contribution in [2.45, 2.75) is 31.5 Å². The van der Waals surface area contributed by atoms with E-state index in [1.165, 1.54) is 34.5 Å². The molecule has 5 rings (SSSR count). The number of thiophene rings is 1. The van der Waals surface area contributed by atoms with Crippen molar-refractivity contribution >= 4 is 17.0 Å². The predicted octanol–water partition coefficient (Wildman–Crippen LogP) is 5.28. The average molecular weight is 391 g/mol. The third-order valence-electron chi connectivity index (χ3n) is 6.17. The van der Waals surface area contributed by atoms with E-state index < -0.39 is 0 Å². The highest BCUT2D eigenvalue weighted by Gasteiger charge is 2.39. The van der Waals surface area contributed by atoms with E-state index in [1.807, 2.05) is 11.3 Å². The van der Waals surface area contributed by atoms with Gasteiger partial charge in [0.15, 0.2) is 0 Å². The largest absolute Gasteiger partial charge is 0.497 e. The Kier molecular flexibility index (Phi) is 4.83. The van der Waals surface area contributed by atoms with E-state index in [4.69, 9.17) is 4.74 Å². The number of anilines is 1. The van der Waals surface area contributed by atoms with E-state index in [2.05, 4.69) is 75.8 Å². The Bertz CT molecular complexity index is 908. The number of hydrogen-bond acceptors (Lipinski definition) is 4. The highest BCUT2D eigenvalue weighted by molar-refractivity contribution is 7.13. The summed E-state index contributed by atoms with van der Waals surface area (Å²) >= 11 is 1.82. The summed E-state index contributed by atoms with van der Waals surface area (Å²) in [5.41, 5.74) is 4.09. The normalized spacial score (nSPS) is 21.8. The van der Waals surface area contributed by atoms with Crippen LogP contribution in [0.2, 0.25) is 0 Å². The van der Waals surface area contributed by atoms with Crippen LogP contribution in [-0.4, -0.2) is 37.2 Å². The second kappa shape index (κ2) is 7.61. The molecule has 2 aliphatic heterocycles. The van der Waals surface area contributed by atoms with Crippen LogP contribution in [0, 0.1) is 0 Å². The fourth-order valence-corrected chi connectivity index (χ4v) is 5.45. The Morgan fingerprint density at radius 3 is 2.43 bits per heavy atom. The van der Waals surface area contributed by atoms with Crippen LogP contribution in [0.5, 0.6) is 5.75 Å². The lowest BCUT2D eigenvalue weighted by Crippen LogP contribution is -2.53. The summed E-state index contributed by atoms with van der Waals surface area (Å²) in [6, 6.07) is 23.2. The smallest absolute Gasteiger partial charge is 0.119 e. The van der Waals surface area contributed by atoms with E-state index in [-0.39, 0.29) is 0 Å². The Morgan fingerprint density at radius 1 is 0.964 bits per heavy atom. The number of piperazine rings is 1. The first-order valence-corrected chi connectivity index (χ1v) is 11.0. The fourth-order valence-electron chi connectivity index (χ4n) is 4.73. The summed E-state index contributed by atoms with van der Waals surface area (Å²) in [5.74, 6) is 0.927. The summed E-state index contributed by atoms with van der Waals surface area (Å²) in [6.45, 7) is 3.30. The highest BCUT2D eigenvalue weighted by atomic mass is 32.1. The molecule has 2 unspecified atom stereocenters. The molecule has 2 aliphatic rings. The van der Waals surface area contributed by atoms with Crippen molar-refractivity contribution in [3.63, 3.8) is 0 Å². The van der Waals surface area contributed by atoms with Crippen LogP contribution in [0.1, 0.15) is 18.4 Å². The van der Waals surface area contributed by atoms with Gasteiger partial charge in [0.1, 0.15) is 5.75 Å². The molecule has 144 valence electrons. The first kappa shape index (κ1) is 17.8. The maximum absolute atomic E-state index is 5.30. The number of methoxy groups -OCH3 is 1. The van der Waals surface area contributed by atoms with Crippen LogP contribution in [-0.2, 0) is 6.54 Å². The molecule has 0 spiro atoms. The average Bonchev–Trinajstić information content (AvgIpc) is 3.35. The van der Waals surface area contributed by atoms with Crippen molar-refractivity contribution in [3.05, 3.63) is 71.6 Å². The molecule has 2 fully saturated rings. The molecule has 0 N–H and O–H groups in total. The SMILES string of the molecule is COc1ccc(N2CC3CCC(C2)N3Cc2cccc(-c3cccs3)c2)cc1. The minimum Gasteiger partial charge on any atom is -0.497 e. The molecule has 4 heteroatoms. The van der Waals surface area contributed by atoms with Gasteiger partial charge in [-0.1, -0.05) is 24.3 Å². The van der Waals surface area contributed by atoms with Crippen LogP contribution in [0.4, 0.5) is 5.69 Å². The molecule has 2 bridgehead atoms. The van der Waals surface area contributed by atoms with E-state index in [1.54, 1.807) is 7.11 Å². The predicted molar refractivity (Wildman–Crippen MR) is 117 cm³/mol. The highest BCUT2D eigenvalue weighted by Crippen LogP contribution is 2.35. The Morgan fingerprint density at radius 2 is 1.75 bits per heavy atom. The number of ether oxygens (including phenoxy) is 1. The van der Waals surface area contributed by atoms with Crippen molar-refractivity contribution in [2.24, 2.45) is 0 Å². The summed E-state index contributed by atoms with van der Waals surface area (Å²) in [7, 11) is 1.72. The first-order valence-electron chi connectivity index (χ1n) is 10.1. The number of fused-ring (bicyclic) bond motifs is 2. The molecular formula is C24H26N2OS. The zero-order valence-electron chi connectivity index (χ0n) is 16.3. The van der Waals surface area contributed by atoms with Crippen LogP contribution < -0.4 is 9.64 Å². The van der Waals surface area contributed by atoms with Gasteiger partial charge in [-0.15, -0.1) is 11.3 Å². The Hall–Kier alpha value is -2.30. The quantitative estimate of drug-likeness (QED) is 0.590. The molecule has 28 heavy (non-hydrogen) atoms. The second-order valence-electron chi connectivity index (χ2n) is 7.84. The van der Waals surface area contributed by atoms with Crippen LogP contribution in [0.3, 0.4) is 0 Å². The van der Waals surface area contributed by atoms with Gasteiger partial charge in [0.2, 0.25) is 0 Å². The number of rotatable bonds is 5. The lowest BCUT2D eigenvalue weighted by Gasteiger charge is -2.42. The van der Waals surface area contributed by atoms with Crippen LogP contribution in [0.15, 0.2) is 66.0 Å². The van der Waals surface area contributed by atoms with Gasteiger partial charge in [-0.25, -0.2) is 0 Å². The summed E-state index contributed by atoms with van der Waals surface area (Å²) in [6.07, 6.45) is 2.61. The fraction of sp³-hybridized carbons (Fsp3) is 0.333. The molecule has 2 aromatic carbocycles. The topological polar surface area (TPSA) is 15.7 Å². The van der Waals surface area contributed by atoms with E-state index in [0.29, 0.717) is 12.1 Å². The van der Waals surface area contributed by atoms with Gasteiger partial charge in [-0.3, -0.25) is 4.90 Å². The maximum Gasteiger partial charge on any atom is 0.119 e. The number of nitrogens with zero attached hydrogens (tertiary/aromatic N) is 2. The van der Waals surface area contributed by atoms with E-state index in [0.717, 1.165) is 25.4 Å². The molecule has 3 aromatic rings. The lowest BCUT2D eigenvalue weighted by atomic mass is 10.1. The molecular weight excluding hydrogens is 364 g/mol. The van der Waals surface area contributed by atoms with Crippen molar-refractivity contribution in [2.75, 3.05) is 25.1 Å². The minimum atomic E-state index is 0.645. The zero-order chi connectivity index (χ0) is 18.9. The monoisotopic (exact) mass is 390 g/mol. The maximum atomic E-state index is 5.30. The zero-order valence-corrected chi connectivity index (χ0v) is 17.1. The third kappa shape index (κ3) is 3.43. The molecule has 3 nitrogen and oxygen atoms in total. The standard InChI is InChI=1S/C24H26N2OS/c1-27-23-11-9-20(10-12-23)25-16-21-7-8-22(17-25)26(21)15-18-4-2-5-19(14-18)24-6-3-13-28-24/h2-6,9-14,21-22H,7-8,15-17H2,1H3. The van der Waals surface area contributed by atoms with Gasteiger partial charge in [0, 0.05) is 42.3 Å². The van der Waals surface area contributed by atoms with E-state index in [9.17, 15) is 0 Å². The van der Waals surface area contributed by atoms with Crippen molar-refractivity contribution in [1.29, 1.82) is 0 Å². The Labute approximate surface area is 171 Å². The molecule has 2 atom stereocenters. The molecule has 1 aromatic heterocycles. The van der Waals surface area contributed by atoms with Crippen molar-refractivity contribution < 1.29 is 4.74 Å². The van der Waals surface area contributed by atoms with Gasteiger partial charge in [-0.05, 0) is 65.7 Å². The van der Waals surface area contributed by atoms with Gasteiger partial charge < -0.3 is 9.64 Å². The summed E-state index contributed by atoms with van der Waals surface area (Å²) in [4.78, 5) is 6.66.